The lowest BCUT2D eigenvalue weighted by atomic mass is 9.95. The number of hydrogen-bond acceptors (Lipinski definition) is 18. The molecule has 3 heterocycles. The maximum atomic E-state index is 11.9. The maximum absolute atomic E-state index is 11.9. The summed E-state index contributed by atoms with van der Waals surface area (Å²) in [5, 5.41) is 31.3. The number of aryl methyl sites for hydroxylation is 3. The minimum atomic E-state index is -1.47. The zero-order chi connectivity index (χ0) is 53.0. The van der Waals surface area contributed by atoms with Crippen LogP contribution in [0.25, 0.3) is 5.57 Å². The van der Waals surface area contributed by atoms with Gasteiger partial charge in [-0.25, -0.2) is 4.79 Å². The number of carbonyl (C=O) groups is 6. The molecule has 0 aromatic carbocycles. The van der Waals surface area contributed by atoms with Crippen molar-refractivity contribution in [1.29, 1.82) is 0 Å². The molecule has 24 nitrogen and oxygen atoms in total. The first-order valence-electron chi connectivity index (χ1n) is 20.1. The van der Waals surface area contributed by atoms with Crippen molar-refractivity contribution in [1.82, 2.24) is 13.7 Å². The number of ether oxygens (including phenoxy) is 3. The number of allylic oxidation sites excluding steroid dienone is 5. The third-order valence-electron chi connectivity index (χ3n) is 9.00. The third-order valence-corrected chi connectivity index (χ3v) is 9.61. The van der Waals surface area contributed by atoms with Crippen LogP contribution in [0.4, 0.5) is 11.4 Å². The van der Waals surface area contributed by atoms with E-state index < -0.39 is 72.4 Å². The second-order valence-corrected chi connectivity index (χ2v) is 14.9. The number of halogens is 2. The molecule has 5 rings (SSSR count). The van der Waals surface area contributed by atoms with Crippen LogP contribution in [-0.4, -0.2) is 83.5 Å². The highest BCUT2D eigenvalue weighted by Gasteiger charge is 2.35. The lowest BCUT2D eigenvalue weighted by Gasteiger charge is -2.13. The van der Waals surface area contributed by atoms with Gasteiger partial charge in [-0.1, -0.05) is 57.1 Å². The van der Waals surface area contributed by atoms with Crippen molar-refractivity contribution in [3.63, 3.8) is 0 Å². The van der Waals surface area contributed by atoms with Crippen LogP contribution in [0.3, 0.4) is 0 Å². The van der Waals surface area contributed by atoms with Gasteiger partial charge in [-0.3, -0.25) is 68.7 Å². The number of rotatable bonds is 12. The zero-order valence-corrected chi connectivity index (χ0v) is 40.2. The Morgan fingerprint density at radius 3 is 1.62 bits per heavy atom. The Hall–Kier alpha value is -7.73. The SMILES string of the molecule is C.C.C.CCOC(=O)C(C(C)=O)c1ccn(C)c(=O)c1[N+](=O)[O-].CCOC(=O)C1=C(C)Cc2c1ccn(C)c2=O.CCOC(=O)CC(C)=O.Cn1ccc(Cl)c([N+](=O)[O-])c1=O.O=C1CC=CC(Cl)=C1[N+](=O)[O-]. The average Bonchev–Trinajstić information content (AvgIpc) is 3.59. The molecule has 3 aromatic rings. The van der Waals surface area contributed by atoms with Crippen molar-refractivity contribution in [3.8, 4) is 0 Å². The van der Waals surface area contributed by atoms with Crippen LogP contribution in [-0.2, 0) is 70.5 Å². The van der Waals surface area contributed by atoms with Gasteiger partial charge in [0.15, 0.2) is 0 Å². The number of ketones is 3. The fourth-order valence-corrected chi connectivity index (χ4v) is 6.35. The Labute approximate surface area is 423 Å². The zero-order valence-electron chi connectivity index (χ0n) is 38.7. The van der Waals surface area contributed by atoms with Crippen LogP contribution in [0.2, 0.25) is 5.02 Å². The largest absolute Gasteiger partial charge is 0.466 e. The molecule has 0 bridgehead atoms. The number of hydrogen-bond donors (Lipinski definition) is 0. The highest BCUT2D eigenvalue weighted by Crippen LogP contribution is 2.31. The molecule has 0 aliphatic heterocycles. The van der Waals surface area contributed by atoms with Gasteiger partial charge in [0.1, 0.15) is 34.0 Å². The van der Waals surface area contributed by atoms with Gasteiger partial charge in [-0.15, -0.1) is 0 Å². The van der Waals surface area contributed by atoms with Gasteiger partial charge in [0.05, 0.1) is 45.7 Å². The number of esters is 3. The summed E-state index contributed by atoms with van der Waals surface area (Å²) in [6.45, 7) is 10.1. The molecule has 26 heteroatoms. The summed E-state index contributed by atoms with van der Waals surface area (Å²) in [7, 11) is 4.47. The monoisotopic (exact) mass is 1050 g/mol. The molecule has 0 amide bonds. The predicted molar refractivity (Wildman–Crippen MR) is 267 cm³/mol. The minimum absolute atomic E-state index is 0. The fraction of sp³-hybridized carbons (Fsp3) is 0.413. The molecule has 0 radical (unpaired) electrons. The number of Topliss-reactive ketones (excluding diaryl/α,β-unsaturated/α-hetero) is 3. The van der Waals surface area contributed by atoms with E-state index in [9.17, 15) is 73.5 Å². The molecule has 0 N–H and O–H groups in total. The Morgan fingerprint density at radius 2 is 1.19 bits per heavy atom. The number of nitro groups is 3. The number of nitrogens with zero attached hydrogens (tertiary/aromatic N) is 6. The average molecular weight is 1060 g/mol. The van der Waals surface area contributed by atoms with Crippen LogP contribution in [0.15, 0.2) is 79.6 Å². The predicted octanol–water partition coefficient (Wildman–Crippen LogP) is 6.43. The van der Waals surface area contributed by atoms with Crippen LogP contribution in [0.5, 0.6) is 0 Å². The van der Waals surface area contributed by atoms with E-state index in [1.165, 1.54) is 62.3 Å². The number of carbonyl (C=O) groups excluding carboxylic acids is 6. The van der Waals surface area contributed by atoms with Crippen molar-refractivity contribution in [2.24, 2.45) is 21.1 Å². The molecule has 2 aliphatic carbocycles. The number of aromatic nitrogens is 3. The summed E-state index contributed by atoms with van der Waals surface area (Å²) in [5.41, 5.74) is -0.874. The Morgan fingerprint density at radius 1 is 0.708 bits per heavy atom. The molecule has 0 saturated carbocycles. The Balaban J connectivity index is -0.000000841. The molecule has 72 heavy (non-hydrogen) atoms. The Bertz CT molecular complexity index is 2800. The normalized spacial score (nSPS) is 11.9. The lowest BCUT2D eigenvalue weighted by Crippen LogP contribution is -2.28. The third kappa shape index (κ3) is 19.2. The highest BCUT2D eigenvalue weighted by atomic mass is 35.5. The molecular formula is C46H60Cl2N6O18. The van der Waals surface area contributed by atoms with Crippen molar-refractivity contribution in [3.05, 3.63) is 148 Å². The van der Waals surface area contributed by atoms with Gasteiger partial charge in [-0.05, 0) is 71.4 Å². The van der Waals surface area contributed by atoms with Crippen molar-refractivity contribution in [2.75, 3.05) is 19.8 Å². The number of fused-ring (bicyclic) bond motifs is 1. The molecule has 3 aromatic heterocycles. The van der Waals surface area contributed by atoms with E-state index in [0.29, 0.717) is 30.8 Å². The number of pyridine rings is 3. The fourth-order valence-electron chi connectivity index (χ4n) is 5.88. The second-order valence-electron chi connectivity index (χ2n) is 14.1. The molecule has 1 unspecified atom stereocenters. The van der Waals surface area contributed by atoms with Gasteiger partial charge in [-0.2, -0.15) is 0 Å². The highest BCUT2D eigenvalue weighted by molar-refractivity contribution is 6.33. The summed E-state index contributed by atoms with van der Waals surface area (Å²) in [5.74, 6) is -4.47. The van der Waals surface area contributed by atoms with Gasteiger partial charge >= 0.3 is 46.1 Å². The van der Waals surface area contributed by atoms with Crippen LogP contribution >= 0.6 is 23.2 Å². The van der Waals surface area contributed by atoms with Gasteiger partial charge in [0.25, 0.3) is 5.56 Å². The maximum Gasteiger partial charge on any atom is 0.352 e. The first-order chi connectivity index (χ1) is 32.2. The minimum Gasteiger partial charge on any atom is -0.466 e. The van der Waals surface area contributed by atoms with E-state index in [2.05, 4.69) is 4.74 Å². The van der Waals surface area contributed by atoms with E-state index in [0.717, 1.165) is 27.2 Å². The van der Waals surface area contributed by atoms with E-state index in [1.54, 1.807) is 40.1 Å². The quantitative estimate of drug-likeness (QED) is 0.0619. The van der Waals surface area contributed by atoms with E-state index in [4.69, 9.17) is 32.7 Å². The molecular weight excluding hydrogens is 995 g/mol. The topological polar surface area (TPSA) is 326 Å². The van der Waals surface area contributed by atoms with Crippen molar-refractivity contribution >= 4 is 75.4 Å². The molecule has 1 atom stereocenters. The van der Waals surface area contributed by atoms with Crippen LogP contribution in [0, 0.1) is 30.3 Å². The molecule has 396 valence electrons. The van der Waals surface area contributed by atoms with Gasteiger partial charge in [0, 0.05) is 58.1 Å². The lowest BCUT2D eigenvalue weighted by molar-refractivity contribution is -0.419. The van der Waals surface area contributed by atoms with Crippen molar-refractivity contribution in [2.45, 2.75) is 89.0 Å². The smallest absolute Gasteiger partial charge is 0.352 e. The van der Waals surface area contributed by atoms with E-state index >= 15 is 0 Å². The summed E-state index contributed by atoms with van der Waals surface area (Å²) in [6, 6.07) is 4.32. The summed E-state index contributed by atoms with van der Waals surface area (Å²) >= 11 is 10.8. The molecule has 0 spiro atoms. The van der Waals surface area contributed by atoms with Crippen molar-refractivity contribution < 1.29 is 57.7 Å². The standard InChI is InChI=1S/C13H15NO3.C12H14N2O6.C6H5ClN2O3.C6H4ClNO3.C6H10O3.3CH4/c1-4-17-13(16)11-8(2)7-10-9(11)5-6-14(3)12(10)15;1-4-20-12(17)9(7(2)15)8-5-6-13(3)11(16)10(8)14(18)19;1-8-3-2-4(7)5(6(8)10)9(11)12;7-4-2-1-3-5(9)6(4)8(10)11;1-3-9-6(8)4-5(2)7;;;/h5-6H,4,7H2,1-3H3;5-6,9H,4H2,1-3H3;2-3H,1H3;1-2H,3H2;3-4H2,1-2H3;3*1H4. The molecule has 0 saturated heterocycles. The van der Waals surface area contributed by atoms with E-state index in [-0.39, 0.29) is 74.7 Å². The summed E-state index contributed by atoms with van der Waals surface area (Å²) < 4.78 is 17.9. The van der Waals surface area contributed by atoms with Crippen LogP contribution in [0.1, 0.15) is 99.3 Å². The van der Waals surface area contributed by atoms with Gasteiger partial charge in [0.2, 0.25) is 5.78 Å². The molecule has 0 fully saturated rings. The first-order valence-corrected chi connectivity index (χ1v) is 20.9. The van der Waals surface area contributed by atoms with Crippen LogP contribution < -0.4 is 16.7 Å². The van der Waals surface area contributed by atoms with Gasteiger partial charge < -0.3 is 27.9 Å². The summed E-state index contributed by atoms with van der Waals surface area (Å²) in [4.78, 5) is 131. The molecule has 2 aliphatic rings. The second kappa shape index (κ2) is 32.2. The van der Waals surface area contributed by atoms with E-state index in [1.807, 2.05) is 6.92 Å². The Kier molecular flexibility index (Phi) is 30.7. The summed E-state index contributed by atoms with van der Waals surface area (Å²) in [6.07, 6.45) is 7.67. The first kappa shape index (κ1) is 68.5.